The first kappa shape index (κ1) is 18.8. The molecule has 0 saturated heterocycles. The summed E-state index contributed by atoms with van der Waals surface area (Å²) in [4.78, 5) is 10.8. The van der Waals surface area contributed by atoms with Crippen LogP contribution in [0.3, 0.4) is 0 Å². The van der Waals surface area contributed by atoms with E-state index < -0.39 is 0 Å². The first-order chi connectivity index (χ1) is 14.5. The van der Waals surface area contributed by atoms with Crippen LogP contribution in [0.1, 0.15) is 15.6 Å². The molecule has 4 heterocycles. The first-order valence-corrected chi connectivity index (χ1v) is 10.7. The first-order valence-electron chi connectivity index (χ1n) is 9.42. The normalized spacial score (nSPS) is 15.4. The van der Waals surface area contributed by atoms with Crippen molar-refractivity contribution in [3.05, 3.63) is 66.5 Å². The largest absolute Gasteiger partial charge is 0.384 e. The van der Waals surface area contributed by atoms with E-state index in [9.17, 15) is 0 Å². The molecule has 1 aliphatic rings. The van der Waals surface area contributed by atoms with Crippen molar-refractivity contribution in [2.45, 2.75) is 10.8 Å². The van der Waals surface area contributed by atoms with Crippen LogP contribution >= 0.6 is 22.6 Å². The third kappa shape index (κ3) is 3.15. The summed E-state index contributed by atoms with van der Waals surface area (Å²) >= 11 is 2.42. The number of nitrogens with two attached hydrogens (primary N) is 2. The second-order valence-corrected chi connectivity index (χ2v) is 8.64. The fourth-order valence-electron chi connectivity index (χ4n) is 3.71. The Hall–Kier alpha value is -3.21. The molecule has 0 fully saturated rings. The number of alkyl halides is 1. The van der Waals surface area contributed by atoms with Gasteiger partial charge in [0.2, 0.25) is 0 Å². The second kappa shape index (κ2) is 7.24. The molecule has 0 saturated carbocycles. The standard InChI is InChI=1S/C21H19IN8/c1-12-27-28-21-16(22)11-29(15-4-7-20(24)26-10-15)18-8-13(2-5-17(18)30(12)21)14-3-6-19(23)25-9-14/h2-10,16H,11H2,1H3,(H2,23,25)(H2,24,26)/t16-/m1/s1. The number of halogens is 1. The van der Waals surface area contributed by atoms with Gasteiger partial charge < -0.3 is 16.4 Å². The molecule has 0 radical (unpaired) electrons. The van der Waals surface area contributed by atoms with Crippen molar-refractivity contribution in [2.24, 2.45) is 0 Å². The van der Waals surface area contributed by atoms with Crippen LogP contribution in [0, 0.1) is 6.92 Å². The predicted molar refractivity (Wildman–Crippen MR) is 126 cm³/mol. The molecule has 1 aliphatic heterocycles. The molecule has 30 heavy (non-hydrogen) atoms. The molecule has 4 aromatic rings. The maximum absolute atomic E-state index is 5.82. The Balaban J connectivity index is 1.73. The third-order valence-corrected chi connectivity index (χ3v) is 6.13. The third-order valence-electron chi connectivity index (χ3n) is 5.18. The van der Waals surface area contributed by atoms with Crippen LogP contribution in [0.2, 0.25) is 0 Å². The monoisotopic (exact) mass is 510 g/mol. The molecule has 150 valence electrons. The Bertz CT molecular complexity index is 1220. The number of benzene rings is 1. The van der Waals surface area contributed by atoms with Gasteiger partial charge in [0, 0.05) is 18.3 Å². The van der Waals surface area contributed by atoms with E-state index in [4.69, 9.17) is 11.5 Å². The minimum absolute atomic E-state index is 0.135. The molecular weight excluding hydrogens is 491 g/mol. The SMILES string of the molecule is Cc1nnc2n1-c1ccc(-c3ccc(N)nc3)cc1N(c1ccc(N)nc1)C[C@H]2I. The summed E-state index contributed by atoms with van der Waals surface area (Å²) in [6.07, 6.45) is 3.60. The van der Waals surface area contributed by atoms with Gasteiger partial charge in [0.05, 0.1) is 27.2 Å². The van der Waals surface area contributed by atoms with Crippen molar-refractivity contribution < 1.29 is 0 Å². The summed E-state index contributed by atoms with van der Waals surface area (Å²) in [6, 6.07) is 14.0. The van der Waals surface area contributed by atoms with Gasteiger partial charge in [-0.3, -0.25) is 4.57 Å². The Morgan fingerprint density at radius 3 is 2.33 bits per heavy atom. The van der Waals surface area contributed by atoms with Gasteiger partial charge >= 0.3 is 0 Å². The molecule has 0 amide bonds. The van der Waals surface area contributed by atoms with E-state index in [1.165, 1.54) is 0 Å². The summed E-state index contributed by atoms with van der Waals surface area (Å²) in [6.45, 7) is 2.70. The molecule has 4 N–H and O–H groups in total. The number of aryl methyl sites for hydroxylation is 1. The van der Waals surface area contributed by atoms with Crippen LogP contribution in [0.5, 0.6) is 0 Å². The lowest BCUT2D eigenvalue weighted by atomic mass is 10.0. The number of rotatable bonds is 2. The van der Waals surface area contributed by atoms with Crippen LogP contribution in [0.25, 0.3) is 16.8 Å². The highest BCUT2D eigenvalue weighted by molar-refractivity contribution is 14.1. The lowest BCUT2D eigenvalue weighted by Gasteiger charge is -2.26. The quantitative estimate of drug-likeness (QED) is 0.312. The highest BCUT2D eigenvalue weighted by Crippen LogP contribution is 2.41. The summed E-state index contributed by atoms with van der Waals surface area (Å²) < 4.78 is 2.26. The second-order valence-electron chi connectivity index (χ2n) is 7.14. The smallest absolute Gasteiger partial charge is 0.152 e. The average molecular weight is 510 g/mol. The Morgan fingerprint density at radius 1 is 0.900 bits per heavy atom. The zero-order valence-electron chi connectivity index (χ0n) is 16.2. The van der Waals surface area contributed by atoms with E-state index in [1.807, 2.05) is 31.2 Å². The lowest BCUT2D eigenvalue weighted by molar-refractivity contribution is 0.841. The number of pyridine rings is 2. The number of hydrogen-bond acceptors (Lipinski definition) is 7. The zero-order valence-corrected chi connectivity index (χ0v) is 18.4. The molecule has 0 spiro atoms. The van der Waals surface area contributed by atoms with E-state index in [-0.39, 0.29) is 3.92 Å². The molecule has 0 bridgehead atoms. The molecule has 9 heteroatoms. The van der Waals surface area contributed by atoms with Gasteiger partial charge in [-0.25, -0.2) is 9.97 Å². The number of nitrogen functional groups attached to an aromatic ring is 2. The van der Waals surface area contributed by atoms with Crippen LogP contribution in [0.15, 0.2) is 54.9 Å². The van der Waals surface area contributed by atoms with Crippen molar-refractivity contribution in [2.75, 3.05) is 22.9 Å². The molecule has 0 aliphatic carbocycles. The number of nitrogens with zero attached hydrogens (tertiary/aromatic N) is 6. The minimum Gasteiger partial charge on any atom is -0.384 e. The van der Waals surface area contributed by atoms with Gasteiger partial charge in [0.15, 0.2) is 5.82 Å². The minimum atomic E-state index is 0.135. The van der Waals surface area contributed by atoms with E-state index in [0.29, 0.717) is 11.6 Å². The Morgan fingerprint density at radius 2 is 1.63 bits per heavy atom. The highest BCUT2D eigenvalue weighted by Gasteiger charge is 2.29. The van der Waals surface area contributed by atoms with E-state index in [0.717, 1.165) is 46.4 Å². The van der Waals surface area contributed by atoms with Crippen molar-refractivity contribution in [1.29, 1.82) is 0 Å². The molecule has 3 aromatic heterocycles. The Kier molecular flexibility index (Phi) is 4.54. The van der Waals surface area contributed by atoms with E-state index >= 15 is 0 Å². The molecule has 8 nitrogen and oxygen atoms in total. The zero-order chi connectivity index (χ0) is 20.8. The fourth-order valence-corrected chi connectivity index (χ4v) is 4.50. The molecule has 5 rings (SSSR count). The van der Waals surface area contributed by atoms with Crippen LogP contribution < -0.4 is 16.4 Å². The Labute approximate surface area is 187 Å². The maximum atomic E-state index is 5.82. The van der Waals surface area contributed by atoms with Crippen molar-refractivity contribution >= 4 is 45.6 Å². The van der Waals surface area contributed by atoms with Crippen LogP contribution in [-0.4, -0.2) is 31.3 Å². The molecule has 1 aromatic carbocycles. The average Bonchev–Trinajstić information content (AvgIpc) is 3.08. The van der Waals surface area contributed by atoms with Gasteiger partial charge in [0.25, 0.3) is 0 Å². The highest BCUT2D eigenvalue weighted by atomic mass is 127. The summed E-state index contributed by atoms with van der Waals surface area (Å²) in [5.41, 5.74) is 16.7. The lowest BCUT2D eigenvalue weighted by Crippen LogP contribution is -2.21. The van der Waals surface area contributed by atoms with Gasteiger partial charge in [-0.2, -0.15) is 0 Å². The predicted octanol–water partition coefficient (Wildman–Crippen LogP) is 3.82. The van der Waals surface area contributed by atoms with Crippen LogP contribution in [0.4, 0.5) is 23.0 Å². The number of anilines is 4. The van der Waals surface area contributed by atoms with Crippen molar-refractivity contribution in [3.63, 3.8) is 0 Å². The van der Waals surface area contributed by atoms with E-state index in [2.05, 4.69) is 70.4 Å². The number of hydrogen-bond donors (Lipinski definition) is 2. The van der Waals surface area contributed by atoms with Gasteiger partial charge in [-0.1, -0.05) is 28.7 Å². The molecular formula is C21H19IN8. The molecule has 1 atom stereocenters. The van der Waals surface area contributed by atoms with Gasteiger partial charge in [-0.05, 0) is 48.9 Å². The van der Waals surface area contributed by atoms with Crippen molar-refractivity contribution in [1.82, 2.24) is 24.7 Å². The maximum Gasteiger partial charge on any atom is 0.152 e. The topological polar surface area (TPSA) is 112 Å². The van der Waals surface area contributed by atoms with Crippen LogP contribution in [-0.2, 0) is 0 Å². The number of fused-ring (bicyclic) bond motifs is 3. The fraction of sp³-hybridized carbons (Fsp3) is 0.143. The van der Waals surface area contributed by atoms with E-state index in [1.54, 1.807) is 12.4 Å². The number of aromatic nitrogens is 5. The summed E-state index contributed by atoms with van der Waals surface area (Å²) in [5.74, 6) is 2.78. The van der Waals surface area contributed by atoms with Gasteiger partial charge in [0.1, 0.15) is 17.5 Å². The van der Waals surface area contributed by atoms with Gasteiger partial charge in [-0.15, -0.1) is 10.2 Å². The van der Waals surface area contributed by atoms with Crippen molar-refractivity contribution in [3.8, 4) is 16.8 Å². The molecule has 0 unspecified atom stereocenters. The summed E-state index contributed by atoms with van der Waals surface area (Å²) in [5, 5.41) is 8.77. The summed E-state index contributed by atoms with van der Waals surface area (Å²) in [7, 11) is 0.